The molecule has 0 radical (unpaired) electrons. The molecule has 7 nitrogen and oxygen atoms in total. The molecule has 0 spiro atoms. The number of ether oxygens (including phenoxy) is 1. The number of benzene rings is 1. The summed E-state index contributed by atoms with van der Waals surface area (Å²) in [4.78, 5) is 11.5. The lowest BCUT2D eigenvalue weighted by atomic mass is 9.83. The maximum absolute atomic E-state index is 13.8. The lowest BCUT2D eigenvalue weighted by molar-refractivity contribution is -0.130. The monoisotopic (exact) mass is 429 g/mol. The molecule has 1 aliphatic carbocycles. The van der Waals surface area contributed by atoms with Gasteiger partial charge >= 0.3 is 0 Å². The van der Waals surface area contributed by atoms with E-state index in [2.05, 4.69) is 9.82 Å². The van der Waals surface area contributed by atoms with Crippen LogP contribution in [0.25, 0.3) is 0 Å². The molecule has 1 fully saturated rings. The van der Waals surface area contributed by atoms with Crippen molar-refractivity contribution in [2.24, 2.45) is 11.0 Å². The van der Waals surface area contributed by atoms with E-state index in [9.17, 15) is 22.0 Å². The maximum Gasteiger partial charge on any atom is 0.248 e. The van der Waals surface area contributed by atoms with Crippen molar-refractivity contribution in [3.63, 3.8) is 0 Å². The second kappa shape index (κ2) is 8.35. The van der Waals surface area contributed by atoms with Gasteiger partial charge in [0.1, 0.15) is 5.75 Å². The Balaban J connectivity index is 1.64. The molecule has 29 heavy (non-hydrogen) atoms. The smallest absolute Gasteiger partial charge is 0.248 e. The molecule has 160 valence electrons. The van der Waals surface area contributed by atoms with Gasteiger partial charge in [-0.25, -0.2) is 26.9 Å². The normalized spacial score (nSPS) is 24.9. The molecule has 0 bridgehead atoms. The van der Waals surface area contributed by atoms with E-state index >= 15 is 0 Å². The average Bonchev–Trinajstić information content (AvgIpc) is 2.63. The van der Waals surface area contributed by atoms with Gasteiger partial charge in [0.15, 0.2) is 0 Å². The Morgan fingerprint density at radius 1 is 1.28 bits per heavy atom. The number of carbonyl (C=O) groups is 1. The van der Waals surface area contributed by atoms with E-state index in [-0.39, 0.29) is 25.4 Å². The summed E-state index contributed by atoms with van der Waals surface area (Å²) in [6.07, 6.45) is 1.28. The van der Waals surface area contributed by atoms with E-state index in [0.717, 1.165) is 17.5 Å². The molecular formula is C19H25F2N3O4S. The summed E-state index contributed by atoms with van der Waals surface area (Å²) < 4.78 is 58.9. The Morgan fingerprint density at radius 2 is 1.97 bits per heavy atom. The number of rotatable bonds is 6. The van der Waals surface area contributed by atoms with Crippen molar-refractivity contribution in [3.8, 4) is 5.75 Å². The molecule has 1 aromatic rings. The van der Waals surface area contributed by atoms with Crippen LogP contribution in [-0.2, 0) is 14.8 Å². The number of sulfonamides is 1. The summed E-state index contributed by atoms with van der Waals surface area (Å²) >= 11 is 0. The van der Waals surface area contributed by atoms with Crippen LogP contribution < -0.4 is 9.46 Å². The van der Waals surface area contributed by atoms with Crippen molar-refractivity contribution >= 4 is 21.6 Å². The minimum absolute atomic E-state index is 0.0136. The molecule has 1 N–H and O–H groups in total. The third-order valence-electron chi connectivity index (χ3n) is 5.18. The van der Waals surface area contributed by atoms with Gasteiger partial charge in [0.25, 0.3) is 0 Å². The number of amides is 1. The third kappa shape index (κ3) is 5.96. The van der Waals surface area contributed by atoms with Crippen molar-refractivity contribution in [1.29, 1.82) is 0 Å². The van der Waals surface area contributed by atoms with E-state index in [1.165, 1.54) is 5.01 Å². The molecule has 2 aliphatic rings. The summed E-state index contributed by atoms with van der Waals surface area (Å²) in [5.41, 5.74) is 1.65. The first kappa shape index (κ1) is 21.6. The number of nitrogens with one attached hydrogen (secondary N) is 1. The lowest BCUT2D eigenvalue weighted by Gasteiger charge is -2.35. The fraction of sp³-hybridized carbons (Fsp3) is 0.579. The molecule has 2 atom stereocenters. The predicted octanol–water partition coefficient (Wildman–Crippen LogP) is 2.37. The van der Waals surface area contributed by atoms with Crippen LogP contribution in [0.4, 0.5) is 8.78 Å². The molecular weight excluding hydrogens is 404 g/mol. The summed E-state index contributed by atoms with van der Waals surface area (Å²) in [5.74, 6) is -2.98. The SMILES string of the molecule is CN1N=C(c2ccc(OC[C@@H]3CC(F)(F)CC[C@@H]3NS(C)(=O)=O)cc2)CCC1=O. The Hall–Kier alpha value is -2.07. The molecule has 0 unspecified atom stereocenters. The number of hydrazone groups is 1. The van der Waals surface area contributed by atoms with Crippen molar-refractivity contribution in [3.05, 3.63) is 29.8 Å². The van der Waals surface area contributed by atoms with Gasteiger partial charge in [0.2, 0.25) is 21.9 Å². The van der Waals surface area contributed by atoms with Crippen molar-refractivity contribution in [1.82, 2.24) is 9.73 Å². The fourth-order valence-corrected chi connectivity index (χ4v) is 4.52. The zero-order chi connectivity index (χ0) is 21.2. The highest BCUT2D eigenvalue weighted by atomic mass is 32.2. The topological polar surface area (TPSA) is 88.1 Å². The summed E-state index contributed by atoms with van der Waals surface area (Å²) in [6, 6.07) is 6.47. The molecule has 3 rings (SSSR count). The second-order valence-corrected chi connectivity index (χ2v) is 9.43. The van der Waals surface area contributed by atoms with Gasteiger partial charge in [-0.15, -0.1) is 0 Å². The molecule has 0 aromatic heterocycles. The molecule has 1 aromatic carbocycles. The summed E-state index contributed by atoms with van der Waals surface area (Å²) in [6.45, 7) is -0.0136. The van der Waals surface area contributed by atoms with Crippen LogP contribution in [0.2, 0.25) is 0 Å². The highest BCUT2D eigenvalue weighted by molar-refractivity contribution is 7.88. The highest BCUT2D eigenvalue weighted by Crippen LogP contribution is 2.37. The van der Waals surface area contributed by atoms with E-state index in [0.29, 0.717) is 18.6 Å². The number of halogens is 2. The van der Waals surface area contributed by atoms with E-state index < -0.39 is 34.3 Å². The second-order valence-electron chi connectivity index (χ2n) is 7.65. The van der Waals surface area contributed by atoms with Crippen LogP contribution >= 0.6 is 0 Å². The molecule has 1 saturated carbocycles. The average molecular weight is 429 g/mol. The van der Waals surface area contributed by atoms with Gasteiger partial charge in [-0.1, -0.05) is 0 Å². The molecule has 1 aliphatic heterocycles. The summed E-state index contributed by atoms with van der Waals surface area (Å²) in [7, 11) is -1.88. The van der Waals surface area contributed by atoms with Gasteiger partial charge in [-0.3, -0.25) is 4.79 Å². The van der Waals surface area contributed by atoms with E-state index in [1.807, 2.05) is 0 Å². The first-order valence-electron chi connectivity index (χ1n) is 9.45. The Labute approximate surface area is 169 Å². The number of hydrogen-bond donors (Lipinski definition) is 1. The van der Waals surface area contributed by atoms with Crippen LogP contribution in [0.5, 0.6) is 5.75 Å². The van der Waals surface area contributed by atoms with Crippen molar-refractivity contribution in [2.75, 3.05) is 19.9 Å². The largest absolute Gasteiger partial charge is 0.493 e. The number of alkyl halides is 2. The number of hydrogen-bond acceptors (Lipinski definition) is 5. The van der Waals surface area contributed by atoms with Gasteiger partial charge in [0, 0.05) is 44.7 Å². The summed E-state index contributed by atoms with van der Waals surface area (Å²) in [5, 5.41) is 5.57. The van der Waals surface area contributed by atoms with Crippen molar-refractivity contribution in [2.45, 2.75) is 44.1 Å². The van der Waals surface area contributed by atoms with Crippen LogP contribution in [0.3, 0.4) is 0 Å². The first-order chi connectivity index (χ1) is 13.5. The zero-order valence-electron chi connectivity index (χ0n) is 16.4. The lowest BCUT2D eigenvalue weighted by Crippen LogP contribution is -2.48. The van der Waals surface area contributed by atoms with Crippen LogP contribution in [0, 0.1) is 5.92 Å². The minimum Gasteiger partial charge on any atom is -0.493 e. The number of carbonyl (C=O) groups excluding carboxylic acids is 1. The minimum atomic E-state index is -3.49. The van der Waals surface area contributed by atoms with Crippen LogP contribution in [-0.4, -0.2) is 56.9 Å². The fourth-order valence-electron chi connectivity index (χ4n) is 3.66. The van der Waals surface area contributed by atoms with E-state index in [4.69, 9.17) is 4.74 Å². The Kier molecular flexibility index (Phi) is 6.23. The van der Waals surface area contributed by atoms with Gasteiger partial charge in [-0.2, -0.15) is 5.10 Å². The third-order valence-corrected chi connectivity index (χ3v) is 5.91. The quantitative estimate of drug-likeness (QED) is 0.752. The van der Waals surface area contributed by atoms with Gasteiger partial charge in [-0.05, 0) is 36.2 Å². The molecule has 1 heterocycles. The molecule has 1 amide bonds. The zero-order valence-corrected chi connectivity index (χ0v) is 17.2. The highest BCUT2D eigenvalue weighted by Gasteiger charge is 2.42. The molecule has 10 heteroatoms. The van der Waals surface area contributed by atoms with Gasteiger partial charge in [0.05, 0.1) is 18.6 Å². The predicted molar refractivity (Wildman–Crippen MR) is 105 cm³/mol. The van der Waals surface area contributed by atoms with Gasteiger partial charge < -0.3 is 4.74 Å². The Bertz CT molecular complexity index is 887. The van der Waals surface area contributed by atoms with E-state index in [1.54, 1.807) is 31.3 Å². The molecule has 0 saturated heterocycles. The number of nitrogens with zero attached hydrogens (tertiary/aromatic N) is 2. The van der Waals surface area contributed by atoms with Crippen molar-refractivity contribution < 1.29 is 26.7 Å². The van der Waals surface area contributed by atoms with Crippen LogP contribution in [0.15, 0.2) is 29.4 Å². The maximum atomic E-state index is 13.8. The Morgan fingerprint density at radius 3 is 2.59 bits per heavy atom. The first-order valence-corrected chi connectivity index (χ1v) is 11.3. The standard InChI is InChI=1S/C19H25F2N3O4S/c1-24-18(25)8-7-16(22-24)13-3-5-15(6-4-13)28-12-14-11-19(20,21)10-9-17(14)23-29(2,26)27/h3-6,14,17,23H,7-12H2,1-2H3/t14-,17-/m0/s1. The van der Waals surface area contributed by atoms with Crippen LogP contribution in [0.1, 0.15) is 37.7 Å².